The summed E-state index contributed by atoms with van der Waals surface area (Å²) in [5.74, 6) is 0.492. The molecule has 3 nitrogen and oxygen atoms in total. The molecule has 1 saturated carbocycles. The first kappa shape index (κ1) is 18.5. The number of nitrogens with two attached hydrogens (primary N) is 1. The van der Waals surface area contributed by atoms with E-state index in [1.807, 2.05) is 24.3 Å². The summed E-state index contributed by atoms with van der Waals surface area (Å²) < 4.78 is 0.981. The van der Waals surface area contributed by atoms with Crippen LogP contribution in [0, 0.1) is 11.3 Å². The zero-order valence-electron chi connectivity index (χ0n) is 12.8. The Morgan fingerprint density at radius 2 is 1.90 bits per heavy atom. The van der Waals surface area contributed by atoms with Crippen molar-refractivity contribution < 1.29 is 4.79 Å². The summed E-state index contributed by atoms with van der Waals surface area (Å²) in [6, 6.07) is 7.59. The smallest absolute Gasteiger partial charge is 0.244 e. The molecule has 1 aromatic rings. The van der Waals surface area contributed by atoms with Crippen LogP contribution >= 0.6 is 28.3 Å². The standard InChI is InChI=1S/C16H23BrN2O.ClH/c1-11(2)16(8-9-16)10-19-14(20)15(3,18)12-4-6-13(17)7-5-12;/h4-7,11H,8-10,18H2,1-3H3,(H,19,20);1H. The van der Waals surface area contributed by atoms with Gasteiger partial charge in [0, 0.05) is 11.0 Å². The third-order valence-corrected chi connectivity index (χ3v) is 5.16. The normalized spacial score (nSPS) is 18.6. The van der Waals surface area contributed by atoms with E-state index in [9.17, 15) is 4.79 Å². The van der Waals surface area contributed by atoms with Crippen molar-refractivity contribution in [3.05, 3.63) is 34.3 Å². The van der Waals surface area contributed by atoms with Crippen molar-refractivity contribution in [3.8, 4) is 0 Å². The molecule has 0 saturated heterocycles. The summed E-state index contributed by atoms with van der Waals surface area (Å²) >= 11 is 3.39. The van der Waals surface area contributed by atoms with Crippen LogP contribution in [0.1, 0.15) is 39.2 Å². The van der Waals surface area contributed by atoms with Crippen LogP contribution in [0.15, 0.2) is 28.7 Å². The van der Waals surface area contributed by atoms with E-state index in [0.29, 0.717) is 11.3 Å². The van der Waals surface area contributed by atoms with E-state index in [0.717, 1.165) is 16.6 Å². The van der Waals surface area contributed by atoms with Crippen LogP contribution in [-0.4, -0.2) is 12.5 Å². The van der Waals surface area contributed by atoms with Gasteiger partial charge in [-0.25, -0.2) is 0 Å². The number of nitrogens with one attached hydrogen (secondary N) is 1. The van der Waals surface area contributed by atoms with Crippen LogP contribution in [0.2, 0.25) is 0 Å². The summed E-state index contributed by atoms with van der Waals surface area (Å²) in [7, 11) is 0. The second kappa shape index (κ2) is 6.67. The molecule has 1 amide bonds. The Morgan fingerprint density at radius 1 is 1.38 bits per heavy atom. The number of amides is 1. The second-order valence-electron chi connectivity index (χ2n) is 6.41. The van der Waals surface area contributed by atoms with Crippen molar-refractivity contribution in [3.63, 3.8) is 0 Å². The quantitative estimate of drug-likeness (QED) is 0.826. The molecule has 0 heterocycles. The fourth-order valence-corrected chi connectivity index (χ4v) is 2.75. The Balaban J connectivity index is 0.00000220. The van der Waals surface area contributed by atoms with Crippen LogP contribution in [-0.2, 0) is 10.3 Å². The summed E-state index contributed by atoms with van der Waals surface area (Å²) in [5.41, 5.74) is 6.36. The van der Waals surface area contributed by atoms with Crippen LogP contribution in [0.3, 0.4) is 0 Å². The molecule has 1 aliphatic carbocycles. The minimum Gasteiger partial charge on any atom is -0.354 e. The van der Waals surface area contributed by atoms with Crippen LogP contribution in [0.5, 0.6) is 0 Å². The van der Waals surface area contributed by atoms with Crippen molar-refractivity contribution in [2.45, 2.75) is 39.2 Å². The summed E-state index contributed by atoms with van der Waals surface area (Å²) in [4.78, 5) is 12.4. The Bertz CT molecular complexity index is 496. The van der Waals surface area contributed by atoms with Crippen molar-refractivity contribution in [2.24, 2.45) is 17.1 Å². The van der Waals surface area contributed by atoms with Crippen molar-refractivity contribution in [2.75, 3.05) is 6.54 Å². The number of benzene rings is 1. The Hall–Kier alpha value is -0.580. The molecule has 5 heteroatoms. The Labute approximate surface area is 141 Å². The van der Waals surface area contributed by atoms with Crippen LogP contribution < -0.4 is 11.1 Å². The molecule has 21 heavy (non-hydrogen) atoms. The fourth-order valence-electron chi connectivity index (χ4n) is 2.49. The van der Waals surface area contributed by atoms with Gasteiger partial charge >= 0.3 is 0 Å². The van der Waals surface area contributed by atoms with E-state index in [-0.39, 0.29) is 18.3 Å². The number of hydrogen-bond donors (Lipinski definition) is 2. The first-order valence-electron chi connectivity index (χ1n) is 7.11. The van der Waals surface area contributed by atoms with Crippen molar-refractivity contribution in [1.29, 1.82) is 0 Å². The zero-order valence-corrected chi connectivity index (χ0v) is 15.2. The molecule has 0 aliphatic heterocycles. The molecule has 1 aromatic carbocycles. The second-order valence-corrected chi connectivity index (χ2v) is 7.32. The first-order chi connectivity index (χ1) is 9.28. The van der Waals surface area contributed by atoms with Gasteiger partial charge in [-0.05, 0) is 48.8 Å². The van der Waals surface area contributed by atoms with Gasteiger partial charge in [-0.1, -0.05) is 41.9 Å². The molecule has 1 aliphatic rings. The highest BCUT2D eigenvalue weighted by molar-refractivity contribution is 9.10. The minimum absolute atomic E-state index is 0. The van der Waals surface area contributed by atoms with E-state index in [4.69, 9.17) is 5.73 Å². The minimum atomic E-state index is -0.992. The van der Waals surface area contributed by atoms with E-state index in [1.165, 1.54) is 12.8 Å². The molecular weight excluding hydrogens is 352 g/mol. The predicted octanol–water partition coefficient (Wildman–Crippen LogP) is 3.60. The number of hydrogen-bond acceptors (Lipinski definition) is 2. The Kier molecular flexibility index (Phi) is 5.87. The molecular formula is C16H24BrClN2O. The number of carbonyl (C=O) groups excluding carboxylic acids is 1. The van der Waals surface area contributed by atoms with Crippen LogP contribution in [0.25, 0.3) is 0 Å². The van der Waals surface area contributed by atoms with Gasteiger partial charge in [0.2, 0.25) is 5.91 Å². The number of carbonyl (C=O) groups is 1. The lowest BCUT2D eigenvalue weighted by Gasteiger charge is -2.27. The average Bonchev–Trinajstić information content (AvgIpc) is 3.17. The summed E-state index contributed by atoms with van der Waals surface area (Å²) in [6.07, 6.45) is 2.40. The van der Waals surface area contributed by atoms with E-state index in [1.54, 1.807) is 6.92 Å². The van der Waals surface area contributed by atoms with Gasteiger partial charge in [-0.3, -0.25) is 4.79 Å². The lowest BCUT2D eigenvalue weighted by molar-refractivity contribution is -0.126. The highest BCUT2D eigenvalue weighted by atomic mass is 79.9. The molecule has 0 bridgehead atoms. The van der Waals surface area contributed by atoms with Gasteiger partial charge in [0.05, 0.1) is 0 Å². The molecule has 1 unspecified atom stereocenters. The third-order valence-electron chi connectivity index (χ3n) is 4.63. The molecule has 118 valence electrons. The SMILES string of the molecule is CC(C)C1(CNC(=O)C(C)(N)c2ccc(Br)cc2)CC1.Cl. The molecule has 1 atom stereocenters. The number of halogens is 2. The third kappa shape index (κ3) is 3.99. The molecule has 0 spiro atoms. The fraction of sp³-hybridized carbons (Fsp3) is 0.562. The van der Waals surface area contributed by atoms with Crippen molar-refractivity contribution >= 4 is 34.2 Å². The maximum absolute atomic E-state index is 12.4. The highest BCUT2D eigenvalue weighted by Crippen LogP contribution is 2.51. The van der Waals surface area contributed by atoms with Gasteiger partial charge in [-0.15, -0.1) is 12.4 Å². The molecule has 3 N–H and O–H groups in total. The topological polar surface area (TPSA) is 55.1 Å². The van der Waals surface area contributed by atoms with Gasteiger partial charge in [-0.2, -0.15) is 0 Å². The van der Waals surface area contributed by atoms with Gasteiger partial charge in [0.1, 0.15) is 5.54 Å². The largest absolute Gasteiger partial charge is 0.354 e. The maximum Gasteiger partial charge on any atom is 0.244 e. The number of rotatable bonds is 5. The molecule has 1 fully saturated rings. The van der Waals surface area contributed by atoms with E-state index in [2.05, 4.69) is 35.1 Å². The lowest BCUT2D eigenvalue weighted by Crippen LogP contribution is -2.50. The molecule has 0 radical (unpaired) electrons. The van der Waals surface area contributed by atoms with Gasteiger partial charge < -0.3 is 11.1 Å². The monoisotopic (exact) mass is 374 g/mol. The molecule has 0 aromatic heterocycles. The predicted molar refractivity (Wildman–Crippen MR) is 92.4 cm³/mol. The average molecular weight is 376 g/mol. The summed E-state index contributed by atoms with van der Waals surface area (Å²) in [5, 5.41) is 3.04. The van der Waals surface area contributed by atoms with Gasteiger partial charge in [0.25, 0.3) is 0 Å². The first-order valence-corrected chi connectivity index (χ1v) is 7.90. The molecule has 2 rings (SSSR count). The highest BCUT2D eigenvalue weighted by Gasteiger charge is 2.46. The Morgan fingerprint density at radius 3 is 2.33 bits per heavy atom. The maximum atomic E-state index is 12.4. The summed E-state index contributed by atoms with van der Waals surface area (Å²) in [6.45, 7) is 6.93. The zero-order chi connectivity index (χ0) is 15.0. The van der Waals surface area contributed by atoms with E-state index < -0.39 is 5.54 Å². The lowest BCUT2D eigenvalue weighted by atomic mass is 9.90. The van der Waals surface area contributed by atoms with E-state index >= 15 is 0 Å². The van der Waals surface area contributed by atoms with Crippen molar-refractivity contribution in [1.82, 2.24) is 5.32 Å². The van der Waals surface area contributed by atoms with Crippen LogP contribution in [0.4, 0.5) is 0 Å². The van der Waals surface area contributed by atoms with Gasteiger partial charge in [0.15, 0.2) is 0 Å².